The number of rotatable bonds is 6. The number of likely N-dealkylation sites (tertiary alicyclic amines) is 1. The summed E-state index contributed by atoms with van der Waals surface area (Å²) in [5.41, 5.74) is -0.455. The van der Waals surface area contributed by atoms with Gasteiger partial charge in [0.25, 0.3) is 0 Å². The fourth-order valence-corrected chi connectivity index (χ4v) is 6.72. The Morgan fingerprint density at radius 1 is 1.06 bits per heavy atom. The second-order valence-electron chi connectivity index (χ2n) is 9.18. The number of sulfonamides is 1. The van der Waals surface area contributed by atoms with Crippen molar-refractivity contribution in [3.63, 3.8) is 0 Å². The molecule has 3 aliphatic rings. The molecule has 4 rings (SSSR count). The van der Waals surface area contributed by atoms with E-state index in [1.54, 1.807) is 0 Å². The van der Waals surface area contributed by atoms with E-state index in [0.29, 0.717) is 31.7 Å². The molecule has 180 valence electrons. The van der Waals surface area contributed by atoms with Gasteiger partial charge in [-0.15, -0.1) is 0 Å². The molecule has 33 heavy (non-hydrogen) atoms. The van der Waals surface area contributed by atoms with Gasteiger partial charge in [0.05, 0.1) is 23.1 Å². The number of ether oxygens (including phenoxy) is 1. The summed E-state index contributed by atoms with van der Waals surface area (Å²) < 4.78 is 33.1. The minimum atomic E-state index is -3.72. The van der Waals surface area contributed by atoms with Crippen molar-refractivity contribution in [2.24, 2.45) is 5.41 Å². The molecule has 2 heterocycles. The molecule has 0 unspecified atom stereocenters. The van der Waals surface area contributed by atoms with Gasteiger partial charge < -0.3 is 10.1 Å². The Morgan fingerprint density at radius 2 is 1.73 bits per heavy atom. The molecule has 1 spiro atoms. The number of carbonyl (C=O) groups is 3. The lowest BCUT2D eigenvalue weighted by Crippen LogP contribution is -2.40. The second-order valence-corrected chi connectivity index (χ2v) is 11.1. The summed E-state index contributed by atoms with van der Waals surface area (Å²) in [5, 5.41) is 2.64. The summed E-state index contributed by atoms with van der Waals surface area (Å²) >= 11 is 0. The number of imide groups is 1. The standard InChI is InChI=1S/C23H31N3O6S/c1-32-19-9-8-17(33(30,31)25-12-6-2-3-7-13-25)14-18(19)24-20(27)16-26-21(28)15-23(22(26)29)10-4-5-11-23/h8-9,14H,2-7,10-13,15-16H2,1H3,(H,24,27). The molecule has 0 atom stereocenters. The van der Waals surface area contributed by atoms with Gasteiger partial charge in [-0.2, -0.15) is 4.31 Å². The largest absolute Gasteiger partial charge is 0.495 e. The van der Waals surface area contributed by atoms with Crippen LogP contribution in [0.5, 0.6) is 5.75 Å². The Morgan fingerprint density at radius 3 is 2.36 bits per heavy atom. The molecule has 3 amide bonds. The first-order valence-electron chi connectivity index (χ1n) is 11.6. The van der Waals surface area contributed by atoms with Crippen molar-refractivity contribution < 1.29 is 27.5 Å². The molecule has 0 bridgehead atoms. The molecule has 1 aliphatic carbocycles. The summed E-state index contributed by atoms with van der Waals surface area (Å²) in [6.07, 6.45) is 6.99. The van der Waals surface area contributed by atoms with Gasteiger partial charge in [0, 0.05) is 19.5 Å². The smallest absolute Gasteiger partial charge is 0.244 e. The van der Waals surface area contributed by atoms with Gasteiger partial charge >= 0.3 is 0 Å². The van der Waals surface area contributed by atoms with Gasteiger partial charge in [-0.3, -0.25) is 19.3 Å². The van der Waals surface area contributed by atoms with E-state index in [2.05, 4.69) is 5.32 Å². The van der Waals surface area contributed by atoms with Crippen LogP contribution in [-0.2, 0) is 24.4 Å². The first-order chi connectivity index (χ1) is 15.8. The maximum atomic E-state index is 13.2. The average molecular weight is 478 g/mol. The molecule has 0 radical (unpaired) electrons. The molecule has 9 nitrogen and oxygen atoms in total. The highest BCUT2D eigenvalue weighted by Gasteiger charge is 2.52. The summed E-state index contributed by atoms with van der Waals surface area (Å²) in [7, 11) is -2.29. The van der Waals surface area contributed by atoms with Crippen LogP contribution in [0.1, 0.15) is 57.8 Å². The molecule has 1 saturated carbocycles. The highest BCUT2D eigenvalue weighted by atomic mass is 32.2. The summed E-state index contributed by atoms with van der Waals surface area (Å²) in [5.74, 6) is -0.884. The van der Waals surface area contributed by atoms with Gasteiger partial charge in [0.15, 0.2) is 0 Å². The second kappa shape index (κ2) is 9.42. The van der Waals surface area contributed by atoms with Crippen molar-refractivity contribution in [1.29, 1.82) is 0 Å². The van der Waals surface area contributed by atoms with Crippen molar-refractivity contribution in [3.8, 4) is 5.75 Å². The number of nitrogens with one attached hydrogen (secondary N) is 1. The zero-order chi connectivity index (χ0) is 23.6. The quantitative estimate of drug-likeness (QED) is 0.630. The molecular formula is C23H31N3O6S. The molecular weight excluding hydrogens is 446 g/mol. The van der Waals surface area contributed by atoms with Crippen molar-refractivity contribution in [3.05, 3.63) is 18.2 Å². The van der Waals surface area contributed by atoms with Crippen LogP contribution < -0.4 is 10.1 Å². The molecule has 10 heteroatoms. The fraction of sp³-hybridized carbons (Fsp3) is 0.609. The Kier molecular flexibility index (Phi) is 6.76. The Balaban J connectivity index is 1.51. The molecule has 1 aromatic carbocycles. The zero-order valence-electron chi connectivity index (χ0n) is 19.0. The van der Waals surface area contributed by atoms with Gasteiger partial charge in [-0.05, 0) is 43.9 Å². The topological polar surface area (TPSA) is 113 Å². The molecule has 3 fully saturated rings. The van der Waals surface area contributed by atoms with Crippen LogP contribution in [0.4, 0.5) is 5.69 Å². The van der Waals surface area contributed by atoms with Crippen LogP contribution in [0.2, 0.25) is 0 Å². The number of methoxy groups -OCH3 is 1. The number of amides is 3. The summed E-state index contributed by atoms with van der Waals surface area (Å²) in [4.78, 5) is 39.2. The minimum Gasteiger partial charge on any atom is -0.495 e. The van der Waals surface area contributed by atoms with E-state index in [0.717, 1.165) is 43.4 Å². The van der Waals surface area contributed by atoms with Crippen LogP contribution in [0.25, 0.3) is 0 Å². The van der Waals surface area contributed by atoms with Gasteiger partial charge in [-0.1, -0.05) is 25.7 Å². The predicted octanol–water partition coefficient (Wildman–Crippen LogP) is 2.52. The van der Waals surface area contributed by atoms with E-state index in [4.69, 9.17) is 4.74 Å². The lowest BCUT2D eigenvalue weighted by atomic mass is 9.84. The van der Waals surface area contributed by atoms with Crippen molar-refractivity contribution in [2.45, 2.75) is 62.7 Å². The maximum Gasteiger partial charge on any atom is 0.244 e. The van der Waals surface area contributed by atoms with Crippen LogP contribution in [0.3, 0.4) is 0 Å². The van der Waals surface area contributed by atoms with Crippen molar-refractivity contribution in [2.75, 3.05) is 32.1 Å². The van der Waals surface area contributed by atoms with Crippen molar-refractivity contribution >= 4 is 33.4 Å². The monoisotopic (exact) mass is 477 g/mol. The third kappa shape index (κ3) is 4.63. The highest BCUT2D eigenvalue weighted by Crippen LogP contribution is 2.46. The van der Waals surface area contributed by atoms with E-state index >= 15 is 0 Å². The third-order valence-corrected chi connectivity index (χ3v) is 8.89. The maximum absolute atomic E-state index is 13.2. The van der Waals surface area contributed by atoms with Crippen LogP contribution in [0, 0.1) is 5.41 Å². The molecule has 0 aromatic heterocycles. The minimum absolute atomic E-state index is 0.0683. The molecule has 2 saturated heterocycles. The number of nitrogens with zero attached hydrogens (tertiary/aromatic N) is 2. The fourth-order valence-electron chi connectivity index (χ4n) is 5.17. The number of hydrogen-bond acceptors (Lipinski definition) is 6. The predicted molar refractivity (Wildman–Crippen MR) is 121 cm³/mol. The van der Waals surface area contributed by atoms with Gasteiger partial charge in [-0.25, -0.2) is 8.42 Å². The van der Waals surface area contributed by atoms with Crippen LogP contribution in [-0.4, -0.2) is 62.1 Å². The van der Waals surface area contributed by atoms with Crippen LogP contribution in [0.15, 0.2) is 23.1 Å². The Hall–Kier alpha value is -2.46. The Labute approximate surface area is 194 Å². The van der Waals surface area contributed by atoms with E-state index in [1.807, 2.05) is 0 Å². The van der Waals surface area contributed by atoms with E-state index < -0.39 is 27.9 Å². The number of anilines is 1. The number of carbonyl (C=O) groups excluding carboxylic acids is 3. The van der Waals surface area contributed by atoms with Crippen LogP contribution >= 0.6 is 0 Å². The van der Waals surface area contributed by atoms with Gasteiger partial charge in [0.1, 0.15) is 12.3 Å². The van der Waals surface area contributed by atoms with E-state index in [9.17, 15) is 22.8 Å². The third-order valence-electron chi connectivity index (χ3n) is 7.00. The lowest BCUT2D eigenvalue weighted by molar-refractivity contribution is -0.143. The van der Waals surface area contributed by atoms with E-state index in [-0.39, 0.29) is 28.8 Å². The molecule has 1 aromatic rings. The lowest BCUT2D eigenvalue weighted by Gasteiger charge is -2.22. The SMILES string of the molecule is COc1ccc(S(=O)(=O)N2CCCCCC2)cc1NC(=O)CN1C(=O)CC2(CCCC2)C1=O. The molecule has 2 aliphatic heterocycles. The highest BCUT2D eigenvalue weighted by molar-refractivity contribution is 7.89. The first kappa shape index (κ1) is 23.7. The first-order valence-corrected chi connectivity index (χ1v) is 13.0. The normalized spacial score (nSPS) is 21.4. The Bertz CT molecular complexity index is 1040. The summed E-state index contributed by atoms with van der Waals surface area (Å²) in [6.45, 7) is 0.541. The average Bonchev–Trinajstić information content (AvgIpc) is 3.20. The number of benzene rings is 1. The summed E-state index contributed by atoms with van der Waals surface area (Å²) in [6, 6.07) is 4.34. The van der Waals surface area contributed by atoms with Gasteiger partial charge in [0.2, 0.25) is 27.7 Å². The number of hydrogen-bond donors (Lipinski definition) is 1. The van der Waals surface area contributed by atoms with E-state index in [1.165, 1.54) is 29.6 Å². The molecule has 1 N–H and O–H groups in total. The zero-order valence-corrected chi connectivity index (χ0v) is 19.8. The van der Waals surface area contributed by atoms with Crippen molar-refractivity contribution in [1.82, 2.24) is 9.21 Å².